The number of ketones is 1. The molecule has 2 rings (SSSR count). The minimum atomic E-state index is 0.258. The lowest BCUT2D eigenvalue weighted by Gasteiger charge is -1.99. The van der Waals surface area contributed by atoms with Crippen molar-refractivity contribution in [2.45, 2.75) is 39.5 Å². The number of aromatic amines is 1. The van der Waals surface area contributed by atoms with Crippen molar-refractivity contribution in [2.75, 3.05) is 0 Å². The summed E-state index contributed by atoms with van der Waals surface area (Å²) in [5, 5.41) is 1.05. The highest BCUT2D eigenvalue weighted by molar-refractivity contribution is 6.07. The second-order valence-electron chi connectivity index (χ2n) is 4.63. The zero-order valence-corrected chi connectivity index (χ0v) is 10.5. The lowest BCUT2D eigenvalue weighted by atomic mass is 10.0. The number of nitrogens with one attached hydrogen (secondary N) is 1. The van der Waals surface area contributed by atoms with Gasteiger partial charge in [0.1, 0.15) is 0 Å². The lowest BCUT2D eigenvalue weighted by molar-refractivity contribution is 0.0981. The highest BCUT2D eigenvalue weighted by Gasteiger charge is 2.11. The Morgan fingerprint density at radius 3 is 2.88 bits per heavy atom. The molecule has 2 nitrogen and oxygen atoms in total. The first-order valence-electron chi connectivity index (χ1n) is 6.33. The topological polar surface area (TPSA) is 32.9 Å². The van der Waals surface area contributed by atoms with Crippen LogP contribution in [0.3, 0.4) is 0 Å². The van der Waals surface area contributed by atoms with E-state index < -0.39 is 0 Å². The van der Waals surface area contributed by atoms with Crippen molar-refractivity contribution in [3.05, 3.63) is 35.5 Å². The molecule has 1 heterocycles. The number of aryl methyl sites for hydroxylation is 1. The average Bonchev–Trinajstić information content (AvgIpc) is 2.72. The summed E-state index contributed by atoms with van der Waals surface area (Å²) >= 11 is 0. The lowest BCUT2D eigenvalue weighted by Crippen LogP contribution is -1.97. The van der Waals surface area contributed by atoms with E-state index in [1.54, 1.807) is 0 Å². The number of fused-ring (bicyclic) bond motifs is 1. The average molecular weight is 229 g/mol. The van der Waals surface area contributed by atoms with Gasteiger partial charge in [0.05, 0.1) is 0 Å². The normalized spacial score (nSPS) is 10.9. The maximum atomic E-state index is 12.1. The van der Waals surface area contributed by atoms with Crippen molar-refractivity contribution in [3.8, 4) is 0 Å². The summed E-state index contributed by atoms with van der Waals surface area (Å²) in [6.07, 6.45) is 5.79. The number of benzene rings is 1. The van der Waals surface area contributed by atoms with Crippen molar-refractivity contribution in [1.82, 2.24) is 4.98 Å². The number of hydrogen-bond acceptors (Lipinski definition) is 1. The van der Waals surface area contributed by atoms with Gasteiger partial charge in [0.15, 0.2) is 5.78 Å². The second kappa shape index (κ2) is 5.17. The van der Waals surface area contributed by atoms with Gasteiger partial charge in [0, 0.05) is 29.1 Å². The van der Waals surface area contributed by atoms with E-state index in [1.165, 1.54) is 5.56 Å². The van der Waals surface area contributed by atoms with E-state index in [9.17, 15) is 4.79 Å². The van der Waals surface area contributed by atoms with Gasteiger partial charge in [-0.1, -0.05) is 31.9 Å². The largest absolute Gasteiger partial charge is 0.360 e. The molecule has 0 saturated carbocycles. The molecule has 1 aromatic carbocycles. The number of carbonyl (C=O) groups is 1. The predicted molar refractivity (Wildman–Crippen MR) is 71.5 cm³/mol. The molecule has 0 atom stereocenters. The summed E-state index contributed by atoms with van der Waals surface area (Å²) in [4.78, 5) is 15.2. The van der Waals surface area contributed by atoms with Gasteiger partial charge in [-0.05, 0) is 25.0 Å². The van der Waals surface area contributed by atoms with E-state index in [1.807, 2.05) is 12.3 Å². The molecule has 0 spiro atoms. The molecule has 2 aromatic rings. The molecule has 0 unspecified atom stereocenters. The molecule has 0 fully saturated rings. The Morgan fingerprint density at radius 2 is 2.12 bits per heavy atom. The molecule has 2 heteroatoms. The predicted octanol–water partition coefficient (Wildman–Crippen LogP) is 4.24. The summed E-state index contributed by atoms with van der Waals surface area (Å²) in [6.45, 7) is 4.21. The van der Waals surface area contributed by atoms with Crippen molar-refractivity contribution in [1.29, 1.82) is 0 Å². The fraction of sp³-hybridized carbons (Fsp3) is 0.400. The fourth-order valence-electron chi connectivity index (χ4n) is 2.14. The van der Waals surface area contributed by atoms with Crippen LogP contribution in [-0.2, 0) is 0 Å². The number of unbranched alkanes of at least 4 members (excludes halogenated alkanes) is 2. The third-order valence-electron chi connectivity index (χ3n) is 3.15. The number of aromatic nitrogens is 1. The number of carbonyl (C=O) groups excluding carboxylic acids is 1. The van der Waals surface area contributed by atoms with Gasteiger partial charge < -0.3 is 4.98 Å². The van der Waals surface area contributed by atoms with Crippen LogP contribution in [0.25, 0.3) is 10.9 Å². The monoisotopic (exact) mass is 229 g/mol. The van der Waals surface area contributed by atoms with Crippen LogP contribution >= 0.6 is 0 Å². The first-order chi connectivity index (χ1) is 8.22. The highest BCUT2D eigenvalue weighted by atomic mass is 16.1. The molecule has 0 aliphatic rings. The minimum absolute atomic E-state index is 0.258. The van der Waals surface area contributed by atoms with Gasteiger partial charge in [0.25, 0.3) is 0 Å². The van der Waals surface area contributed by atoms with E-state index in [0.717, 1.165) is 35.7 Å². The molecule has 17 heavy (non-hydrogen) atoms. The van der Waals surface area contributed by atoms with Gasteiger partial charge in [-0.3, -0.25) is 4.79 Å². The van der Waals surface area contributed by atoms with E-state index in [4.69, 9.17) is 0 Å². The van der Waals surface area contributed by atoms with Gasteiger partial charge >= 0.3 is 0 Å². The molecule has 0 amide bonds. The number of rotatable bonds is 5. The third-order valence-corrected chi connectivity index (χ3v) is 3.15. The van der Waals surface area contributed by atoms with Crippen molar-refractivity contribution in [3.63, 3.8) is 0 Å². The number of hydrogen-bond donors (Lipinski definition) is 1. The number of H-pyrrole nitrogens is 1. The van der Waals surface area contributed by atoms with Crippen molar-refractivity contribution >= 4 is 16.7 Å². The van der Waals surface area contributed by atoms with E-state index in [-0.39, 0.29) is 5.78 Å². The van der Waals surface area contributed by atoms with Gasteiger partial charge in [-0.15, -0.1) is 0 Å². The molecule has 0 saturated heterocycles. The Kier molecular flexibility index (Phi) is 3.62. The second-order valence-corrected chi connectivity index (χ2v) is 4.63. The van der Waals surface area contributed by atoms with Crippen LogP contribution in [0.1, 0.15) is 48.5 Å². The first kappa shape index (κ1) is 11.9. The molecule has 0 aliphatic carbocycles. The summed E-state index contributed by atoms with van der Waals surface area (Å²) in [6, 6.07) is 6.17. The van der Waals surface area contributed by atoms with Crippen molar-refractivity contribution < 1.29 is 4.79 Å². The SMILES string of the molecule is CCCCCC(=O)c1c[nH]c2cc(C)ccc12. The molecule has 0 bridgehead atoms. The van der Waals surface area contributed by atoms with Crippen molar-refractivity contribution in [2.24, 2.45) is 0 Å². The maximum absolute atomic E-state index is 12.1. The van der Waals surface area contributed by atoms with Crippen LogP contribution < -0.4 is 0 Å². The summed E-state index contributed by atoms with van der Waals surface area (Å²) in [5.74, 6) is 0.258. The summed E-state index contributed by atoms with van der Waals surface area (Å²) in [5.41, 5.74) is 3.12. The van der Waals surface area contributed by atoms with Gasteiger partial charge in [-0.2, -0.15) is 0 Å². The smallest absolute Gasteiger partial charge is 0.165 e. The molecule has 0 aliphatic heterocycles. The van der Waals surface area contributed by atoms with Crippen LogP contribution in [0.5, 0.6) is 0 Å². The standard InChI is InChI=1S/C15H19NO/c1-3-4-5-6-15(17)13-10-16-14-9-11(2)7-8-12(13)14/h7-10,16H,3-6H2,1-2H3. The first-order valence-corrected chi connectivity index (χ1v) is 6.33. The molecular weight excluding hydrogens is 210 g/mol. The Balaban J connectivity index is 2.21. The molecular formula is C15H19NO. The highest BCUT2D eigenvalue weighted by Crippen LogP contribution is 2.21. The van der Waals surface area contributed by atoms with Crippen LogP contribution in [0.2, 0.25) is 0 Å². The fourth-order valence-corrected chi connectivity index (χ4v) is 2.14. The molecule has 1 N–H and O–H groups in total. The summed E-state index contributed by atoms with van der Waals surface area (Å²) in [7, 11) is 0. The van der Waals surface area contributed by atoms with Crippen LogP contribution in [-0.4, -0.2) is 10.8 Å². The van der Waals surface area contributed by atoms with Gasteiger partial charge in [0.2, 0.25) is 0 Å². The molecule has 90 valence electrons. The maximum Gasteiger partial charge on any atom is 0.165 e. The zero-order chi connectivity index (χ0) is 12.3. The Labute approximate surface area is 102 Å². The van der Waals surface area contributed by atoms with Crippen LogP contribution in [0.15, 0.2) is 24.4 Å². The molecule has 0 radical (unpaired) electrons. The van der Waals surface area contributed by atoms with E-state index in [2.05, 4.69) is 31.0 Å². The quantitative estimate of drug-likeness (QED) is 0.603. The summed E-state index contributed by atoms with van der Waals surface area (Å²) < 4.78 is 0. The van der Waals surface area contributed by atoms with Gasteiger partial charge in [-0.25, -0.2) is 0 Å². The van der Waals surface area contributed by atoms with E-state index in [0.29, 0.717) is 6.42 Å². The zero-order valence-electron chi connectivity index (χ0n) is 10.5. The number of Topliss-reactive ketones (excluding diaryl/α,β-unsaturated/α-hetero) is 1. The van der Waals surface area contributed by atoms with Crippen LogP contribution in [0, 0.1) is 6.92 Å². The van der Waals surface area contributed by atoms with Crippen LogP contribution in [0.4, 0.5) is 0 Å². The molecule has 1 aromatic heterocycles. The Morgan fingerprint density at radius 1 is 1.29 bits per heavy atom. The minimum Gasteiger partial charge on any atom is -0.360 e. The van der Waals surface area contributed by atoms with E-state index >= 15 is 0 Å². The Hall–Kier alpha value is -1.57. The Bertz CT molecular complexity index is 525. The third kappa shape index (κ3) is 2.57.